The van der Waals surface area contributed by atoms with Crippen molar-refractivity contribution < 1.29 is 39.2 Å². The highest BCUT2D eigenvalue weighted by molar-refractivity contribution is 6.51. The first-order valence-corrected chi connectivity index (χ1v) is 10.5. The SMILES string of the molecule is O=C1C(=O)N(c2ccc(O)c(C(=O)O)c2)C(c2ccc3c(c2)COC3=O)C1=C(O)c1ccccc1. The third kappa shape index (κ3) is 3.50. The lowest BCUT2D eigenvalue weighted by atomic mass is 9.93. The Labute approximate surface area is 198 Å². The van der Waals surface area contributed by atoms with Crippen LogP contribution in [0, 0.1) is 0 Å². The van der Waals surface area contributed by atoms with Crippen molar-refractivity contribution in [3.05, 3.63) is 100 Å². The number of amides is 1. The second kappa shape index (κ2) is 8.14. The largest absolute Gasteiger partial charge is 0.507 e. The van der Waals surface area contributed by atoms with Crippen LogP contribution >= 0.6 is 0 Å². The summed E-state index contributed by atoms with van der Waals surface area (Å²) in [5, 5.41) is 30.4. The van der Waals surface area contributed by atoms with Gasteiger partial charge >= 0.3 is 11.9 Å². The lowest BCUT2D eigenvalue weighted by Crippen LogP contribution is -2.29. The fraction of sp³-hybridized carbons (Fsp3) is 0.0769. The number of anilines is 1. The van der Waals surface area contributed by atoms with E-state index in [-0.39, 0.29) is 17.9 Å². The number of carbonyl (C=O) groups excluding carboxylic acids is 3. The summed E-state index contributed by atoms with van der Waals surface area (Å²) in [6, 6.07) is 15.3. The molecule has 3 aromatic carbocycles. The van der Waals surface area contributed by atoms with Crippen molar-refractivity contribution in [1.82, 2.24) is 0 Å². The van der Waals surface area contributed by atoms with Crippen molar-refractivity contribution in [2.45, 2.75) is 12.6 Å². The number of ether oxygens (including phenoxy) is 1. The quantitative estimate of drug-likeness (QED) is 0.228. The van der Waals surface area contributed by atoms with E-state index >= 15 is 0 Å². The molecule has 5 rings (SSSR count). The maximum Gasteiger partial charge on any atom is 0.339 e. The number of hydrogen-bond acceptors (Lipinski definition) is 7. The summed E-state index contributed by atoms with van der Waals surface area (Å²) in [5.41, 5.74) is 1.000. The van der Waals surface area contributed by atoms with Crippen LogP contribution in [0.2, 0.25) is 0 Å². The first-order valence-electron chi connectivity index (χ1n) is 10.5. The zero-order valence-corrected chi connectivity index (χ0v) is 18.0. The predicted octanol–water partition coefficient (Wildman–Crippen LogP) is 3.39. The summed E-state index contributed by atoms with van der Waals surface area (Å²) in [4.78, 5) is 51.0. The smallest absolute Gasteiger partial charge is 0.339 e. The van der Waals surface area contributed by atoms with Gasteiger partial charge in [0.15, 0.2) is 0 Å². The van der Waals surface area contributed by atoms with Crippen LogP contribution in [0.4, 0.5) is 5.69 Å². The van der Waals surface area contributed by atoms with Gasteiger partial charge in [0.25, 0.3) is 11.7 Å². The number of aliphatic hydroxyl groups is 1. The molecule has 9 heteroatoms. The van der Waals surface area contributed by atoms with Crippen LogP contribution in [0.1, 0.15) is 43.4 Å². The Balaban J connectivity index is 1.75. The molecule has 2 aliphatic heterocycles. The van der Waals surface area contributed by atoms with E-state index in [2.05, 4.69) is 0 Å². The number of esters is 1. The minimum absolute atomic E-state index is 0.0166. The highest BCUT2D eigenvalue weighted by Crippen LogP contribution is 2.43. The Kier molecular flexibility index (Phi) is 5.09. The molecule has 9 nitrogen and oxygen atoms in total. The van der Waals surface area contributed by atoms with Crippen LogP contribution in [0.5, 0.6) is 5.75 Å². The molecule has 35 heavy (non-hydrogen) atoms. The number of aromatic hydroxyl groups is 1. The summed E-state index contributed by atoms with van der Waals surface area (Å²) in [6.07, 6.45) is 0. The molecule has 0 saturated carbocycles. The summed E-state index contributed by atoms with van der Waals surface area (Å²) in [6.45, 7) is 0.0166. The topological polar surface area (TPSA) is 141 Å². The minimum atomic E-state index is -1.42. The lowest BCUT2D eigenvalue weighted by Gasteiger charge is -2.26. The molecular weight excluding hydrogens is 454 g/mol. The number of carboxylic acid groups (broad SMARTS) is 1. The lowest BCUT2D eigenvalue weighted by molar-refractivity contribution is -0.132. The predicted molar refractivity (Wildman–Crippen MR) is 122 cm³/mol. The van der Waals surface area contributed by atoms with Gasteiger partial charge in [-0.05, 0) is 35.9 Å². The maximum atomic E-state index is 13.2. The van der Waals surface area contributed by atoms with Crippen molar-refractivity contribution in [3.63, 3.8) is 0 Å². The van der Waals surface area contributed by atoms with Crippen LogP contribution in [0.3, 0.4) is 0 Å². The van der Waals surface area contributed by atoms with Crippen LogP contribution < -0.4 is 4.90 Å². The molecule has 0 spiro atoms. The number of carboxylic acids is 1. The van der Waals surface area contributed by atoms with Gasteiger partial charge in [0, 0.05) is 16.8 Å². The van der Waals surface area contributed by atoms with Crippen molar-refractivity contribution in [3.8, 4) is 5.75 Å². The molecular formula is C26H17NO8. The Morgan fingerprint density at radius 3 is 2.40 bits per heavy atom. The molecule has 3 N–H and O–H groups in total. The number of Topliss-reactive ketones (excluding diaryl/α,β-unsaturated/α-hetero) is 1. The number of phenols is 1. The van der Waals surface area contributed by atoms with Gasteiger partial charge in [-0.15, -0.1) is 0 Å². The molecule has 1 unspecified atom stereocenters. The Morgan fingerprint density at radius 2 is 1.69 bits per heavy atom. The van der Waals surface area contributed by atoms with Gasteiger partial charge in [-0.3, -0.25) is 14.5 Å². The first-order chi connectivity index (χ1) is 16.8. The molecule has 0 aliphatic carbocycles. The van der Waals surface area contributed by atoms with E-state index in [9.17, 15) is 34.5 Å². The van der Waals surface area contributed by atoms with Crippen molar-refractivity contribution in [1.29, 1.82) is 0 Å². The van der Waals surface area contributed by atoms with E-state index in [0.29, 0.717) is 22.3 Å². The number of benzene rings is 3. The number of fused-ring (bicyclic) bond motifs is 1. The number of nitrogens with zero attached hydrogens (tertiary/aromatic N) is 1. The van der Waals surface area contributed by atoms with E-state index in [1.165, 1.54) is 12.1 Å². The van der Waals surface area contributed by atoms with E-state index in [1.54, 1.807) is 42.5 Å². The average molecular weight is 471 g/mol. The number of cyclic esters (lactones) is 1. The highest BCUT2D eigenvalue weighted by Gasteiger charge is 2.47. The molecule has 1 saturated heterocycles. The Hall–Kier alpha value is -4.92. The van der Waals surface area contributed by atoms with Crippen LogP contribution in [-0.4, -0.2) is 38.9 Å². The zero-order chi connectivity index (χ0) is 24.9. The van der Waals surface area contributed by atoms with E-state index < -0.39 is 46.7 Å². The van der Waals surface area contributed by atoms with Crippen LogP contribution in [0.25, 0.3) is 5.76 Å². The zero-order valence-electron chi connectivity index (χ0n) is 18.0. The fourth-order valence-electron chi connectivity index (χ4n) is 4.33. The number of carbonyl (C=O) groups is 4. The van der Waals surface area contributed by atoms with Crippen LogP contribution in [-0.2, 0) is 20.9 Å². The van der Waals surface area contributed by atoms with Gasteiger partial charge in [0.2, 0.25) is 0 Å². The number of aromatic carboxylic acids is 1. The molecule has 1 atom stereocenters. The van der Waals surface area contributed by atoms with E-state index in [4.69, 9.17) is 4.74 Å². The molecule has 3 aromatic rings. The maximum absolute atomic E-state index is 13.2. The van der Waals surface area contributed by atoms with Gasteiger partial charge in [-0.1, -0.05) is 36.4 Å². The second-order valence-electron chi connectivity index (χ2n) is 8.03. The van der Waals surface area contributed by atoms with Crippen molar-refractivity contribution in [2.24, 2.45) is 0 Å². The second-order valence-corrected chi connectivity index (χ2v) is 8.03. The molecule has 174 valence electrons. The van der Waals surface area contributed by atoms with Gasteiger partial charge in [0.05, 0.1) is 17.2 Å². The van der Waals surface area contributed by atoms with E-state index in [1.807, 2.05) is 0 Å². The third-order valence-corrected chi connectivity index (χ3v) is 6.00. The highest BCUT2D eigenvalue weighted by atomic mass is 16.5. The molecule has 1 amide bonds. The summed E-state index contributed by atoms with van der Waals surface area (Å²) in [7, 11) is 0. The summed E-state index contributed by atoms with van der Waals surface area (Å²) >= 11 is 0. The fourth-order valence-corrected chi connectivity index (χ4v) is 4.33. The Morgan fingerprint density at radius 1 is 0.943 bits per heavy atom. The number of rotatable bonds is 4. The normalized spacial score (nSPS) is 18.5. The van der Waals surface area contributed by atoms with Crippen LogP contribution in [0.15, 0.2) is 72.3 Å². The van der Waals surface area contributed by atoms with E-state index in [0.717, 1.165) is 17.0 Å². The summed E-state index contributed by atoms with van der Waals surface area (Å²) < 4.78 is 5.05. The molecule has 0 aromatic heterocycles. The van der Waals surface area contributed by atoms with Gasteiger partial charge in [-0.2, -0.15) is 0 Å². The minimum Gasteiger partial charge on any atom is -0.507 e. The number of hydrogen-bond donors (Lipinski definition) is 3. The van der Waals surface area contributed by atoms with Crippen molar-refractivity contribution in [2.75, 3.05) is 4.90 Å². The number of ketones is 1. The van der Waals surface area contributed by atoms with Crippen molar-refractivity contribution >= 4 is 35.1 Å². The van der Waals surface area contributed by atoms with Gasteiger partial charge in [0.1, 0.15) is 23.7 Å². The molecule has 2 aliphatic rings. The first kappa shape index (κ1) is 21.9. The monoisotopic (exact) mass is 471 g/mol. The molecule has 0 radical (unpaired) electrons. The van der Waals surface area contributed by atoms with Gasteiger partial charge in [-0.25, -0.2) is 9.59 Å². The standard InChI is InChI=1S/C26H17NO8/c28-19-9-7-16(11-18(19)25(32)33)27-21(14-6-8-17-15(10-14)12-35-26(17)34)20(23(30)24(27)31)22(29)13-4-2-1-3-5-13/h1-11,21,28-29H,12H2,(H,32,33). The molecule has 0 bridgehead atoms. The Bertz CT molecular complexity index is 1460. The number of aliphatic hydroxyl groups excluding tert-OH is 1. The average Bonchev–Trinajstić information content (AvgIpc) is 3.36. The van der Waals surface area contributed by atoms with Gasteiger partial charge < -0.3 is 20.1 Å². The summed E-state index contributed by atoms with van der Waals surface area (Å²) in [5.74, 6) is -4.77. The molecule has 2 heterocycles. The third-order valence-electron chi connectivity index (χ3n) is 6.00. The molecule has 1 fully saturated rings.